The van der Waals surface area contributed by atoms with Crippen molar-refractivity contribution in [2.45, 2.75) is 39.8 Å². The predicted octanol–water partition coefficient (Wildman–Crippen LogP) is 0.677. The van der Waals surface area contributed by atoms with E-state index in [0.29, 0.717) is 12.1 Å². The Kier molecular flexibility index (Phi) is 3.19. The van der Waals surface area contributed by atoms with Gasteiger partial charge in [-0.25, -0.2) is 0 Å². The zero-order chi connectivity index (χ0) is 9.30. The van der Waals surface area contributed by atoms with Crippen LogP contribution in [0.4, 0.5) is 0 Å². The van der Waals surface area contributed by atoms with Crippen LogP contribution in [0.1, 0.15) is 27.7 Å². The number of rotatable bonds is 2. The molecule has 1 rings (SSSR count). The number of nitrogens with zero attached hydrogens (tertiary/aromatic N) is 2. The van der Waals surface area contributed by atoms with Crippen LogP contribution in [0.5, 0.6) is 0 Å². The summed E-state index contributed by atoms with van der Waals surface area (Å²) in [6.07, 6.45) is 0. The molecule has 1 aliphatic heterocycles. The van der Waals surface area contributed by atoms with E-state index >= 15 is 0 Å². The molecule has 0 atom stereocenters. The molecular weight excluding hydrogens is 215 g/mol. The Morgan fingerprint density at radius 1 is 1.00 bits per heavy atom. The van der Waals surface area contributed by atoms with E-state index in [0.717, 1.165) is 13.1 Å². The van der Waals surface area contributed by atoms with Gasteiger partial charge >= 0.3 is 82.9 Å². The Balaban J connectivity index is 2.61. The Morgan fingerprint density at radius 3 is 1.50 bits per heavy atom. The normalized spacial score (nSPS) is 18.7. The minimum absolute atomic E-state index is 0.616. The number of hydrogen-bond donors (Lipinski definition) is 0. The third-order valence-corrected chi connectivity index (χ3v) is 3.30. The predicted molar refractivity (Wildman–Crippen MR) is 54.4 cm³/mol. The summed E-state index contributed by atoms with van der Waals surface area (Å²) in [4.78, 5) is 4.83. The van der Waals surface area contributed by atoms with Crippen LogP contribution in [0.2, 0.25) is 0 Å². The fourth-order valence-electron chi connectivity index (χ4n) is 1.53. The second kappa shape index (κ2) is 3.80. The molecule has 1 heterocycles. The zero-order valence-electron chi connectivity index (χ0n) is 8.37. The maximum absolute atomic E-state index is 3.17. The summed E-state index contributed by atoms with van der Waals surface area (Å²) in [6.45, 7) is 11.3. The van der Waals surface area contributed by atoms with Crippen LogP contribution in [-0.2, 0) is 0 Å². The molecule has 3 heteroatoms. The summed E-state index contributed by atoms with van der Waals surface area (Å²) < 4.78 is 1.32. The van der Waals surface area contributed by atoms with Crippen LogP contribution in [-0.4, -0.2) is 55.2 Å². The molecule has 12 heavy (non-hydrogen) atoms. The third-order valence-electron chi connectivity index (χ3n) is 2.32. The fourth-order valence-corrected chi connectivity index (χ4v) is 2.80. The summed E-state index contributed by atoms with van der Waals surface area (Å²) in [5.41, 5.74) is 0. The second-order valence-electron chi connectivity index (χ2n) is 3.86. The zero-order valence-corrected chi connectivity index (χ0v) is 10.1. The van der Waals surface area contributed by atoms with Gasteiger partial charge in [0.25, 0.3) is 0 Å². The van der Waals surface area contributed by atoms with Crippen LogP contribution < -0.4 is 0 Å². The van der Waals surface area contributed by atoms with Gasteiger partial charge in [0.1, 0.15) is 0 Å². The van der Waals surface area contributed by atoms with Crippen molar-refractivity contribution in [1.82, 2.24) is 9.80 Å². The quantitative estimate of drug-likeness (QED) is 0.647. The molecule has 0 N–H and O–H groups in total. The SMILES string of the molecule is CC(C)N1CCN(C(C)C)C1=[Se]. The first-order valence-corrected chi connectivity index (χ1v) is 5.47. The molecule has 0 bridgehead atoms. The van der Waals surface area contributed by atoms with Gasteiger partial charge < -0.3 is 0 Å². The van der Waals surface area contributed by atoms with Crippen LogP contribution in [0.15, 0.2) is 0 Å². The molecule has 0 radical (unpaired) electrons. The molecule has 0 aliphatic carbocycles. The van der Waals surface area contributed by atoms with E-state index in [2.05, 4.69) is 53.1 Å². The first kappa shape index (κ1) is 10.1. The van der Waals surface area contributed by atoms with Crippen molar-refractivity contribution in [3.8, 4) is 0 Å². The summed E-state index contributed by atoms with van der Waals surface area (Å²) in [6, 6.07) is 1.23. The molecule has 2 nitrogen and oxygen atoms in total. The van der Waals surface area contributed by atoms with E-state index in [9.17, 15) is 0 Å². The molecule has 1 fully saturated rings. The van der Waals surface area contributed by atoms with Crippen molar-refractivity contribution in [3.63, 3.8) is 0 Å². The van der Waals surface area contributed by atoms with Crippen molar-refractivity contribution in [2.24, 2.45) is 0 Å². The Morgan fingerprint density at radius 2 is 1.33 bits per heavy atom. The molecule has 1 saturated heterocycles. The van der Waals surface area contributed by atoms with Crippen LogP contribution in [0, 0.1) is 0 Å². The third kappa shape index (κ3) is 1.83. The van der Waals surface area contributed by atoms with Gasteiger partial charge in [0.05, 0.1) is 0 Å². The minimum atomic E-state index is 0.616. The van der Waals surface area contributed by atoms with E-state index in [4.69, 9.17) is 0 Å². The van der Waals surface area contributed by atoms with E-state index in [1.54, 1.807) is 0 Å². The average molecular weight is 233 g/mol. The molecular formula is C9H18N2Se. The van der Waals surface area contributed by atoms with Gasteiger partial charge in [0.15, 0.2) is 0 Å². The van der Waals surface area contributed by atoms with Gasteiger partial charge in [-0.15, -0.1) is 0 Å². The van der Waals surface area contributed by atoms with E-state index in [-0.39, 0.29) is 0 Å². The molecule has 0 aromatic heterocycles. The monoisotopic (exact) mass is 234 g/mol. The van der Waals surface area contributed by atoms with E-state index in [1.165, 1.54) is 4.67 Å². The van der Waals surface area contributed by atoms with Crippen LogP contribution in [0.3, 0.4) is 0 Å². The van der Waals surface area contributed by atoms with Crippen molar-refractivity contribution in [1.29, 1.82) is 0 Å². The Labute approximate surface area is 83.3 Å². The molecule has 0 unspecified atom stereocenters. The summed E-state index contributed by atoms with van der Waals surface area (Å²) in [5.74, 6) is 0. The Hall–Kier alpha value is -0.0105. The summed E-state index contributed by atoms with van der Waals surface area (Å²) in [7, 11) is 0. The van der Waals surface area contributed by atoms with Gasteiger partial charge in [0, 0.05) is 0 Å². The molecule has 0 aromatic rings. The second-order valence-corrected chi connectivity index (χ2v) is 4.62. The molecule has 0 aromatic carbocycles. The Bertz CT molecular complexity index is 159. The van der Waals surface area contributed by atoms with Crippen LogP contribution in [0.25, 0.3) is 0 Å². The van der Waals surface area contributed by atoms with Gasteiger partial charge in [0.2, 0.25) is 0 Å². The summed E-state index contributed by atoms with van der Waals surface area (Å²) in [5, 5.41) is 0. The van der Waals surface area contributed by atoms with Gasteiger partial charge in [-0.05, 0) is 0 Å². The van der Waals surface area contributed by atoms with E-state index in [1.807, 2.05) is 0 Å². The molecule has 1 aliphatic rings. The standard InChI is InChI=1S/C9H18N2Se/c1-7(2)10-5-6-11(8(3)4)9(10)12/h7-8H,5-6H2,1-4H3. The topological polar surface area (TPSA) is 6.48 Å². The summed E-state index contributed by atoms with van der Waals surface area (Å²) >= 11 is 3.17. The number of hydrogen-bond acceptors (Lipinski definition) is 2. The van der Waals surface area contributed by atoms with Gasteiger partial charge in [-0.2, -0.15) is 0 Å². The average Bonchev–Trinajstić information content (AvgIpc) is 2.30. The van der Waals surface area contributed by atoms with Crippen molar-refractivity contribution in [3.05, 3.63) is 0 Å². The fraction of sp³-hybridized carbons (Fsp3) is 0.889. The first-order valence-electron chi connectivity index (χ1n) is 4.61. The maximum atomic E-state index is 3.17. The van der Waals surface area contributed by atoms with Crippen molar-refractivity contribution >= 4 is 20.2 Å². The van der Waals surface area contributed by atoms with Crippen molar-refractivity contribution in [2.75, 3.05) is 13.1 Å². The molecule has 70 valence electrons. The van der Waals surface area contributed by atoms with Gasteiger partial charge in [-0.3, -0.25) is 0 Å². The molecule has 0 amide bonds. The van der Waals surface area contributed by atoms with Gasteiger partial charge in [-0.1, -0.05) is 0 Å². The van der Waals surface area contributed by atoms with Crippen LogP contribution >= 0.6 is 0 Å². The van der Waals surface area contributed by atoms with Crippen molar-refractivity contribution < 1.29 is 0 Å². The van der Waals surface area contributed by atoms with E-state index < -0.39 is 0 Å². The molecule has 0 saturated carbocycles. The molecule has 0 spiro atoms. The first-order chi connectivity index (χ1) is 5.54.